The number of para-hydroxylation sites is 2. The molecule has 7 aromatic carbocycles. The van der Waals surface area contributed by atoms with Crippen LogP contribution in [0.1, 0.15) is 0 Å². The molecule has 50 heavy (non-hydrogen) atoms. The molecule has 0 saturated carbocycles. The highest BCUT2D eigenvalue weighted by atomic mass is 15.0. The van der Waals surface area contributed by atoms with Gasteiger partial charge in [0.05, 0.1) is 16.6 Å². The first-order valence-corrected chi connectivity index (χ1v) is 16.8. The van der Waals surface area contributed by atoms with Crippen LogP contribution in [0.25, 0.3) is 89.0 Å². The second kappa shape index (κ2) is 11.4. The van der Waals surface area contributed by atoms with Crippen molar-refractivity contribution in [2.24, 2.45) is 0 Å². The van der Waals surface area contributed by atoms with Crippen LogP contribution in [-0.2, 0) is 0 Å². The van der Waals surface area contributed by atoms with Crippen molar-refractivity contribution in [2.75, 3.05) is 0 Å². The molecule has 0 saturated heterocycles. The SMILES string of the molecule is c1ccc(-c2nc(-c3ccccc3)nc(-c3cccc(-n4ccc5cc6cc7c8ccccc8n(-c8ccccc8)c7cc6cc54)c3)n2)cc1. The van der Waals surface area contributed by atoms with Crippen LogP contribution >= 0.6 is 0 Å². The number of hydrogen-bond acceptors (Lipinski definition) is 3. The van der Waals surface area contributed by atoms with Crippen LogP contribution in [0.15, 0.2) is 176 Å². The molecule has 5 nitrogen and oxygen atoms in total. The third kappa shape index (κ3) is 4.67. The molecule has 0 radical (unpaired) electrons. The Hall–Kier alpha value is -6.85. The predicted molar refractivity (Wildman–Crippen MR) is 205 cm³/mol. The van der Waals surface area contributed by atoms with Gasteiger partial charge in [-0.3, -0.25) is 0 Å². The minimum Gasteiger partial charge on any atom is -0.317 e. The van der Waals surface area contributed by atoms with E-state index in [-0.39, 0.29) is 0 Å². The fraction of sp³-hybridized carbons (Fsp3) is 0. The highest BCUT2D eigenvalue weighted by Gasteiger charge is 2.16. The molecule has 10 rings (SSSR count). The summed E-state index contributed by atoms with van der Waals surface area (Å²) in [6.45, 7) is 0. The van der Waals surface area contributed by atoms with Crippen molar-refractivity contribution >= 4 is 43.5 Å². The van der Waals surface area contributed by atoms with Crippen molar-refractivity contribution in [3.63, 3.8) is 0 Å². The molecule has 0 unspecified atom stereocenters. The summed E-state index contributed by atoms with van der Waals surface area (Å²) in [4.78, 5) is 14.8. The molecule has 0 aliphatic heterocycles. The molecule has 5 heteroatoms. The second-order valence-corrected chi connectivity index (χ2v) is 12.6. The van der Waals surface area contributed by atoms with E-state index < -0.39 is 0 Å². The molecule has 0 aliphatic carbocycles. The number of nitrogens with zero attached hydrogens (tertiary/aromatic N) is 5. The largest absolute Gasteiger partial charge is 0.317 e. The van der Waals surface area contributed by atoms with Gasteiger partial charge in [-0.1, -0.05) is 109 Å². The Morgan fingerprint density at radius 2 is 0.900 bits per heavy atom. The first-order chi connectivity index (χ1) is 24.8. The smallest absolute Gasteiger partial charge is 0.164 e. The fourth-order valence-electron chi connectivity index (χ4n) is 7.16. The third-order valence-corrected chi connectivity index (χ3v) is 9.54. The highest BCUT2D eigenvalue weighted by Crippen LogP contribution is 2.37. The Labute approximate surface area is 288 Å². The molecule has 0 spiro atoms. The van der Waals surface area contributed by atoms with Crippen molar-refractivity contribution < 1.29 is 0 Å². The lowest BCUT2D eigenvalue weighted by Crippen LogP contribution is -2.00. The van der Waals surface area contributed by atoms with E-state index in [1.807, 2.05) is 60.7 Å². The van der Waals surface area contributed by atoms with Gasteiger partial charge in [-0.15, -0.1) is 0 Å². The molecule has 0 N–H and O–H groups in total. The van der Waals surface area contributed by atoms with Crippen molar-refractivity contribution in [1.29, 1.82) is 0 Å². The van der Waals surface area contributed by atoms with Crippen molar-refractivity contribution in [2.45, 2.75) is 0 Å². The van der Waals surface area contributed by atoms with Crippen molar-refractivity contribution in [1.82, 2.24) is 24.1 Å². The maximum atomic E-state index is 4.97. The summed E-state index contributed by atoms with van der Waals surface area (Å²) in [5.74, 6) is 1.94. The maximum Gasteiger partial charge on any atom is 0.164 e. The van der Waals surface area contributed by atoms with E-state index in [1.165, 1.54) is 38.0 Å². The number of hydrogen-bond donors (Lipinski definition) is 0. The van der Waals surface area contributed by atoms with Crippen molar-refractivity contribution in [3.8, 4) is 45.5 Å². The maximum absolute atomic E-state index is 4.97. The lowest BCUT2D eigenvalue weighted by molar-refractivity contribution is 1.07. The summed E-state index contributed by atoms with van der Waals surface area (Å²) in [6.07, 6.45) is 2.15. The van der Waals surface area contributed by atoms with Gasteiger partial charge in [0.25, 0.3) is 0 Å². The van der Waals surface area contributed by atoms with Crippen LogP contribution in [0.2, 0.25) is 0 Å². The number of aromatic nitrogens is 5. The van der Waals surface area contributed by atoms with Crippen LogP contribution < -0.4 is 0 Å². The molecule has 3 aromatic heterocycles. The summed E-state index contributed by atoms with van der Waals surface area (Å²) in [6, 6.07) is 59.4. The topological polar surface area (TPSA) is 48.5 Å². The summed E-state index contributed by atoms with van der Waals surface area (Å²) in [7, 11) is 0. The van der Waals surface area contributed by atoms with Gasteiger partial charge in [-0.05, 0) is 71.4 Å². The summed E-state index contributed by atoms with van der Waals surface area (Å²) < 4.78 is 4.63. The van der Waals surface area contributed by atoms with Gasteiger partial charge in [-0.2, -0.15) is 0 Å². The number of fused-ring (bicyclic) bond motifs is 5. The van der Waals surface area contributed by atoms with E-state index in [2.05, 4.69) is 125 Å². The molecule has 10 aromatic rings. The van der Waals surface area contributed by atoms with Gasteiger partial charge in [0.2, 0.25) is 0 Å². The lowest BCUT2D eigenvalue weighted by Gasteiger charge is -2.11. The average Bonchev–Trinajstić information content (AvgIpc) is 3.75. The quantitative estimate of drug-likeness (QED) is 0.188. The fourth-order valence-corrected chi connectivity index (χ4v) is 7.16. The zero-order valence-corrected chi connectivity index (χ0v) is 27.0. The normalized spacial score (nSPS) is 11.6. The third-order valence-electron chi connectivity index (χ3n) is 9.54. The molecule has 0 atom stereocenters. The minimum atomic E-state index is 0.637. The van der Waals surface area contributed by atoms with Gasteiger partial charge < -0.3 is 9.13 Å². The Bertz CT molecular complexity index is 2800. The molecule has 0 aliphatic rings. The van der Waals surface area contributed by atoms with Gasteiger partial charge in [0.15, 0.2) is 17.5 Å². The van der Waals surface area contributed by atoms with Crippen molar-refractivity contribution in [3.05, 3.63) is 176 Å². The summed E-state index contributed by atoms with van der Waals surface area (Å²) >= 11 is 0. The van der Waals surface area contributed by atoms with Gasteiger partial charge >= 0.3 is 0 Å². The Kier molecular flexibility index (Phi) is 6.42. The molecule has 0 bridgehead atoms. The molecule has 3 heterocycles. The first kappa shape index (κ1) is 28.2. The first-order valence-electron chi connectivity index (χ1n) is 16.8. The zero-order chi connectivity index (χ0) is 33.0. The van der Waals surface area contributed by atoms with Gasteiger partial charge in [0.1, 0.15) is 0 Å². The standard InChI is InChI=1S/C45H29N5/c1-4-13-30(14-5-1)43-46-44(31-15-6-2-7-16-31)48-45(47-43)33-17-12-20-37(26-33)49-24-23-32-25-34-27-39-38-21-10-11-22-40(38)50(36-18-8-3-9-19-36)42(39)29-35(34)28-41(32)49/h1-29H. The Balaban J connectivity index is 1.12. The average molecular weight is 640 g/mol. The van der Waals surface area contributed by atoms with E-state index in [4.69, 9.17) is 15.0 Å². The summed E-state index contributed by atoms with van der Waals surface area (Å²) in [5, 5.41) is 6.11. The van der Waals surface area contributed by atoms with Gasteiger partial charge in [-0.25, -0.2) is 15.0 Å². The zero-order valence-electron chi connectivity index (χ0n) is 27.0. The molecule has 234 valence electrons. The summed E-state index contributed by atoms with van der Waals surface area (Å²) in [5.41, 5.74) is 8.57. The Morgan fingerprint density at radius 1 is 0.340 bits per heavy atom. The van der Waals surface area contributed by atoms with Crippen LogP contribution in [-0.4, -0.2) is 24.1 Å². The minimum absolute atomic E-state index is 0.637. The van der Waals surface area contributed by atoms with E-state index in [0.29, 0.717) is 17.5 Å². The number of benzene rings is 7. The van der Waals surface area contributed by atoms with Gasteiger partial charge in [0, 0.05) is 50.4 Å². The van der Waals surface area contributed by atoms with E-state index in [0.717, 1.165) is 33.6 Å². The number of rotatable bonds is 5. The van der Waals surface area contributed by atoms with Crippen LogP contribution in [0.3, 0.4) is 0 Å². The molecular weight excluding hydrogens is 611 g/mol. The Morgan fingerprint density at radius 3 is 1.62 bits per heavy atom. The second-order valence-electron chi connectivity index (χ2n) is 12.6. The van der Waals surface area contributed by atoms with E-state index in [9.17, 15) is 0 Å². The highest BCUT2D eigenvalue weighted by molar-refractivity contribution is 6.15. The van der Waals surface area contributed by atoms with E-state index in [1.54, 1.807) is 0 Å². The van der Waals surface area contributed by atoms with Crippen LogP contribution in [0.5, 0.6) is 0 Å². The predicted octanol–water partition coefficient (Wildman–Crippen LogP) is 11.1. The monoisotopic (exact) mass is 639 g/mol. The van der Waals surface area contributed by atoms with Crippen LogP contribution in [0.4, 0.5) is 0 Å². The molecule has 0 amide bonds. The molecule has 0 fully saturated rings. The molecular formula is C45H29N5. The van der Waals surface area contributed by atoms with E-state index >= 15 is 0 Å². The lowest BCUT2D eigenvalue weighted by atomic mass is 10.0. The van der Waals surface area contributed by atoms with Crippen LogP contribution in [0, 0.1) is 0 Å².